The van der Waals surface area contributed by atoms with E-state index in [2.05, 4.69) is 16.2 Å². The molecule has 2 unspecified atom stereocenters. The van der Waals surface area contributed by atoms with Gasteiger partial charge < -0.3 is 5.73 Å². The maximum absolute atomic E-state index is 5.52. The third-order valence-corrected chi connectivity index (χ3v) is 1.85. The Balaban J connectivity index is 2.89. The van der Waals surface area contributed by atoms with Gasteiger partial charge in [-0.3, -0.25) is 0 Å². The Labute approximate surface area is 63.8 Å². The van der Waals surface area contributed by atoms with E-state index in [1.54, 1.807) is 0 Å². The van der Waals surface area contributed by atoms with Crippen LogP contribution in [0.2, 0.25) is 0 Å². The van der Waals surface area contributed by atoms with Crippen molar-refractivity contribution in [3.63, 3.8) is 0 Å². The van der Waals surface area contributed by atoms with Crippen molar-refractivity contribution in [3.05, 3.63) is 29.8 Å². The molecule has 0 fully saturated rings. The molecule has 0 aromatic heterocycles. The number of nitrogens with two attached hydrogens (primary N) is 1. The molecule has 0 spiro atoms. The van der Waals surface area contributed by atoms with Gasteiger partial charge in [-0.15, -0.1) is 9.24 Å². The van der Waals surface area contributed by atoms with Crippen LogP contribution < -0.4 is 5.73 Å². The molecule has 10 heavy (non-hydrogen) atoms. The summed E-state index contributed by atoms with van der Waals surface area (Å²) >= 11 is 0. The van der Waals surface area contributed by atoms with Gasteiger partial charge >= 0.3 is 0 Å². The molecule has 54 valence electrons. The molecular weight excluding hydrogens is 141 g/mol. The summed E-state index contributed by atoms with van der Waals surface area (Å²) in [4.78, 5) is 0. The zero-order chi connectivity index (χ0) is 7.56. The van der Waals surface area contributed by atoms with Gasteiger partial charge in [-0.25, -0.2) is 0 Å². The van der Waals surface area contributed by atoms with E-state index >= 15 is 0 Å². The number of nitrogen functional groups attached to an aromatic ring is 1. The number of hydrogen-bond acceptors (Lipinski definition) is 1. The van der Waals surface area contributed by atoms with Crippen molar-refractivity contribution in [1.82, 2.24) is 0 Å². The Morgan fingerprint density at radius 1 is 1.30 bits per heavy atom. The normalized spacial score (nSPS) is 13.0. The second kappa shape index (κ2) is 3.03. The van der Waals surface area contributed by atoms with Gasteiger partial charge in [0, 0.05) is 5.69 Å². The van der Waals surface area contributed by atoms with Gasteiger partial charge in [0.1, 0.15) is 0 Å². The number of anilines is 1. The van der Waals surface area contributed by atoms with Crippen LogP contribution in [0.1, 0.15) is 18.1 Å². The van der Waals surface area contributed by atoms with E-state index in [0.717, 1.165) is 5.69 Å². The first kappa shape index (κ1) is 7.56. The highest BCUT2D eigenvalue weighted by Gasteiger charge is 1.95. The number of rotatable bonds is 1. The van der Waals surface area contributed by atoms with E-state index in [9.17, 15) is 0 Å². The van der Waals surface area contributed by atoms with Crippen molar-refractivity contribution in [2.45, 2.75) is 12.6 Å². The molecule has 1 aromatic rings. The van der Waals surface area contributed by atoms with Crippen molar-refractivity contribution >= 4 is 14.9 Å². The van der Waals surface area contributed by atoms with Gasteiger partial charge in [0.25, 0.3) is 0 Å². The molecule has 0 bridgehead atoms. The predicted molar refractivity (Wildman–Crippen MR) is 49.0 cm³/mol. The zero-order valence-electron chi connectivity index (χ0n) is 6.04. The molecule has 0 heterocycles. The predicted octanol–water partition coefficient (Wildman–Crippen LogP) is 2.20. The minimum atomic E-state index is 0.514. The number of hydrogen-bond donors (Lipinski definition) is 1. The first-order valence-corrected chi connectivity index (χ1v) is 3.98. The van der Waals surface area contributed by atoms with Crippen LogP contribution >= 0.6 is 9.24 Å². The van der Waals surface area contributed by atoms with Crippen LogP contribution in [0.25, 0.3) is 0 Å². The van der Waals surface area contributed by atoms with Gasteiger partial charge in [0.05, 0.1) is 0 Å². The lowest BCUT2D eigenvalue weighted by Crippen LogP contribution is -1.86. The summed E-state index contributed by atoms with van der Waals surface area (Å²) in [7, 11) is 2.75. The summed E-state index contributed by atoms with van der Waals surface area (Å²) in [6.45, 7) is 2.14. The molecule has 1 aromatic carbocycles. The summed E-state index contributed by atoms with van der Waals surface area (Å²) in [6.07, 6.45) is 0. The van der Waals surface area contributed by atoms with Crippen LogP contribution in [0.15, 0.2) is 24.3 Å². The van der Waals surface area contributed by atoms with Crippen molar-refractivity contribution in [2.75, 3.05) is 5.73 Å². The molecule has 0 aliphatic carbocycles. The Hall–Kier alpha value is -0.550. The first-order valence-electron chi connectivity index (χ1n) is 3.31. The van der Waals surface area contributed by atoms with Gasteiger partial charge in [0.15, 0.2) is 0 Å². The highest BCUT2D eigenvalue weighted by Crippen LogP contribution is 2.21. The summed E-state index contributed by atoms with van der Waals surface area (Å²) < 4.78 is 0. The minimum Gasteiger partial charge on any atom is -0.399 e. The highest BCUT2D eigenvalue weighted by atomic mass is 31.0. The van der Waals surface area contributed by atoms with Crippen LogP contribution in [-0.2, 0) is 0 Å². The summed E-state index contributed by atoms with van der Waals surface area (Å²) in [5.74, 6) is 0. The molecule has 0 amide bonds. The van der Waals surface area contributed by atoms with Crippen LogP contribution in [0.5, 0.6) is 0 Å². The largest absolute Gasteiger partial charge is 0.399 e. The molecule has 1 nitrogen and oxygen atoms in total. The van der Waals surface area contributed by atoms with E-state index in [1.165, 1.54) is 5.56 Å². The average Bonchev–Trinajstić information content (AvgIpc) is 1.88. The Kier molecular flexibility index (Phi) is 2.29. The summed E-state index contributed by atoms with van der Waals surface area (Å²) in [6, 6.07) is 7.95. The average molecular weight is 153 g/mol. The maximum atomic E-state index is 5.52. The van der Waals surface area contributed by atoms with E-state index in [0.29, 0.717) is 5.66 Å². The third kappa shape index (κ3) is 1.71. The van der Waals surface area contributed by atoms with Crippen molar-refractivity contribution < 1.29 is 0 Å². The fraction of sp³-hybridized carbons (Fsp3) is 0.250. The van der Waals surface area contributed by atoms with Crippen LogP contribution in [0, 0.1) is 0 Å². The SMILES string of the molecule is CC(P)c1ccc(N)cc1. The standard InChI is InChI=1S/C8H12NP/c1-6(10)7-2-4-8(9)5-3-7/h2-6H,9-10H2,1H3. The molecule has 0 aliphatic rings. The quantitative estimate of drug-likeness (QED) is 0.485. The highest BCUT2D eigenvalue weighted by molar-refractivity contribution is 7.17. The fourth-order valence-electron chi connectivity index (χ4n) is 0.800. The Morgan fingerprint density at radius 3 is 2.20 bits per heavy atom. The maximum Gasteiger partial charge on any atom is 0.0314 e. The van der Waals surface area contributed by atoms with Gasteiger partial charge in [-0.2, -0.15) is 0 Å². The first-order chi connectivity index (χ1) is 4.70. The second-order valence-corrected chi connectivity index (χ2v) is 3.46. The van der Waals surface area contributed by atoms with Gasteiger partial charge in [-0.1, -0.05) is 19.1 Å². The van der Waals surface area contributed by atoms with Gasteiger partial charge in [0.2, 0.25) is 0 Å². The molecule has 2 atom stereocenters. The lowest BCUT2D eigenvalue weighted by Gasteiger charge is -2.03. The van der Waals surface area contributed by atoms with Crippen molar-refractivity contribution in [2.24, 2.45) is 0 Å². The lowest BCUT2D eigenvalue weighted by molar-refractivity contribution is 1.10. The summed E-state index contributed by atoms with van der Waals surface area (Å²) in [5.41, 5.74) is 8.17. The monoisotopic (exact) mass is 153 g/mol. The lowest BCUT2D eigenvalue weighted by atomic mass is 10.1. The smallest absolute Gasteiger partial charge is 0.0314 e. The molecule has 0 radical (unpaired) electrons. The van der Waals surface area contributed by atoms with E-state index in [-0.39, 0.29) is 0 Å². The molecule has 1 rings (SSSR count). The third-order valence-electron chi connectivity index (χ3n) is 1.46. The van der Waals surface area contributed by atoms with Gasteiger partial charge in [-0.05, 0) is 23.4 Å². The van der Waals surface area contributed by atoms with Crippen molar-refractivity contribution in [3.8, 4) is 0 Å². The molecule has 2 heteroatoms. The molecular formula is C8H12NP. The second-order valence-electron chi connectivity index (χ2n) is 2.46. The van der Waals surface area contributed by atoms with E-state index < -0.39 is 0 Å². The Morgan fingerprint density at radius 2 is 1.80 bits per heavy atom. The Bertz CT molecular complexity index is 203. The van der Waals surface area contributed by atoms with Crippen LogP contribution in [-0.4, -0.2) is 0 Å². The molecule has 0 saturated carbocycles. The number of benzene rings is 1. The topological polar surface area (TPSA) is 26.0 Å². The van der Waals surface area contributed by atoms with Crippen molar-refractivity contribution in [1.29, 1.82) is 0 Å². The minimum absolute atomic E-state index is 0.514. The summed E-state index contributed by atoms with van der Waals surface area (Å²) in [5, 5.41) is 0. The fourth-order valence-corrected chi connectivity index (χ4v) is 1.02. The molecule has 0 saturated heterocycles. The zero-order valence-corrected chi connectivity index (χ0v) is 7.20. The molecule has 2 N–H and O–H groups in total. The van der Waals surface area contributed by atoms with E-state index in [4.69, 9.17) is 5.73 Å². The van der Waals surface area contributed by atoms with E-state index in [1.807, 2.05) is 24.3 Å². The van der Waals surface area contributed by atoms with Crippen LogP contribution in [0.4, 0.5) is 5.69 Å². The van der Waals surface area contributed by atoms with Crippen LogP contribution in [0.3, 0.4) is 0 Å². The molecule has 0 aliphatic heterocycles.